The maximum absolute atomic E-state index is 12.9. The van der Waals surface area contributed by atoms with Gasteiger partial charge >= 0.3 is 0 Å². The Kier molecular flexibility index (Phi) is 6.99. The molecular formula is C22H28N2O5S. The van der Waals surface area contributed by atoms with Gasteiger partial charge in [0.05, 0.1) is 4.90 Å². The van der Waals surface area contributed by atoms with E-state index in [1.165, 1.54) is 16.4 Å². The molecule has 2 aromatic rings. The number of phenolic OH excluding ortho intramolecular Hbond substituents is 1. The second-order valence-corrected chi connectivity index (χ2v) is 9.38. The van der Waals surface area contributed by atoms with Crippen LogP contribution in [0.25, 0.3) is 0 Å². The number of phenols is 1. The lowest BCUT2D eigenvalue weighted by Crippen LogP contribution is -2.49. The minimum atomic E-state index is -3.52. The minimum absolute atomic E-state index is 0.0997. The van der Waals surface area contributed by atoms with Gasteiger partial charge in [0, 0.05) is 19.1 Å². The third-order valence-electron chi connectivity index (χ3n) is 5.29. The summed E-state index contributed by atoms with van der Waals surface area (Å²) in [4.78, 5) is 12.7. The van der Waals surface area contributed by atoms with Crippen molar-refractivity contribution in [1.82, 2.24) is 9.62 Å². The Morgan fingerprint density at radius 2 is 1.73 bits per heavy atom. The lowest BCUT2D eigenvalue weighted by atomic mass is 10.1. The first-order valence-corrected chi connectivity index (χ1v) is 11.6. The maximum Gasteiger partial charge on any atom is 0.260 e. The van der Waals surface area contributed by atoms with Crippen LogP contribution < -0.4 is 10.1 Å². The lowest BCUT2D eigenvalue weighted by Gasteiger charge is -2.32. The van der Waals surface area contributed by atoms with E-state index < -0.39 is 16.1 Å². The van der Waals surface area contributed by atoms with Crippen molar-refractivity contribution in [3.05, 3.63) is 54.1 Å². The van der Waals surface area contributed by atoms with Crippen LogP contribution in [-0.2, 0) is 21.2 Å². The highest BCUT2D eigenvalue weighted by Gasteiger charge is 2.30. The van der Waals surface area contributed by atoms with Crippen LogP contribution in [-0.4, -0.2) is 49.0 Å². The van der Waals surface area contributed by atoms with E-state index in [0.717, 1.165) is 12.0 Å². The molecular weight excluding hydrogens is 404 g/mol. The number of amides is 1. The molecule has 1 saturated heterocycles. The monoisotopic (exact) mass is 432 g/mol. The molecule has 0 bridgehead atoms. The van der Waals surface area contributed by atoms with Gasteiger partial charge in [-0.3, -0.25) is 4.79 Å². The van der Waals surface area contributed by atoms with E-state index in [1.54, 1.807) is 31.2 Å². The molecule has 162 valence electrons. The Balaban J connectivity index is 1.51. The Bertz CT molecular complexity index is 950. The zero-order valence-corrected chi connectivity index (χ0v) is 18.1. The number of hydrogen-bond donors (Lipinski definition) is 2. The van der Waals surface area contributed by atoms with Crippen LogP contribution in [0.5, 0.6) is 11.5 Å². The van der Waals surface area contributed by atoms with Crippen molar-refractivity contribution in [3.63, 3.8) is 0 Å². The Morgan fingerprint density at radius 3 is 2.30 bits per heavy atom. The third kappa shape index (κ3) is 5.31. The summed E-state index contributed by atoms with van der Waals surface area (Å²) < 4.78 is 32.8. The number of benzene rings is 2. The summed E-state index contributed by atoms with van der Waals surface area (Å²) in [6.45, 7) is 4.40. The third-order valence-corrected chi connectivity index (χ3v) is 7.20. The number of aryl methyl sites for hydroxylation is 1. The van der Waals surface area contributed by atoms with Crippen molar-refractivity contribution in [2.45, 2.75) is 50.2 Å². The van der Waals surface area contributed by atoms with Crippen LogP contribution in [0.1, 0.15) is 32.3 Å². The molecule has 0 saturated carbocycles. The molecule has 1 fully saturated rings. The topological polar surface area (TPSA) is 95.9 Å². The van der Waals surface area contributed by atoms with Crippen molar-refractivity contribution in [3.8, 4) is 11.5 Å². The van der Waals surface area contributed by atoms with E-state index in [0.29, 0.717) is 36.6 Å². The van der Waals surface area contributed by atoms with Crippen molar-refractivity contribution < 1.29 is 23.1 Å². The smallest absolute Gasteiger partial charge is 0.260 e. The molecule has 1 atom stereocenters. The Hall–Kier alpha value is -2.58. The van der Waals surface area contributed by atoms with E-state index in [4.69, 9.17) is 4.74 Å². The van der Waals surface area contributed by atoms with E-state index in [2.05, 4.69) is 5.32 Å². The fourth-order valence-electron chi connectivity index (χ4n) is 3.39. The summed E-state index contributed by atoms with van der Waals surface area (Å²) in [5, 5.41) is 12.3. The maximum atomic E-state index is 12.9. The lowest BCUT2D eigenvalue weighted by molar-refractivity contribution is -0.128. The number of hydrogen-bond acceptors (Lipinski definition) is 5. The first kappa shape index (κ1) is 22.1. The second kappa shape index (κ2) is 9.49. The van der Waals surface area contributed by atoms with Crippen LogP contribution in [0, 0.1) is 0 Å². The summed E-state index contributed by atoms with van der Waals surface area (Å²) in [5.74, 6) is 0.368. The normalized spacial score (nSPS) is 16.7. The number of sulfonamides is 1. The number of aromatic hydroxyl groups is 1. The number of carbonyl (C=O) groups is 1. The van der Waals surface area contributed by atoms with Crippen LogP contribution in [0.3, 0.4) is 0 Å². The number of nitrogens with one attached hydrogen (secondary N) is 1. The van der Waals surface area contributed by atoms with Gasteiger partial charge in [0.15, 0.2) is 6.10 Å². The fraction of sp³-hybridized carbons (Fsp3) is 0.409. The summed E-state index contributed by atoms with van der Waals surface area (Å²) in [5.41, 5.74) is 1.10. The van der Waals surface area contributed by atoms with Gasteiger partial charge in [-0.15, -0.1) is 0 Å². The molecule has 2 N–H and O–H groups in total. The van der Waals surface area contributed by atoms with E-state index in [1.807, 2.05) is 19.1 Å². The number of rotatable bonds is 7. The SMILES string of the molecule is CCc1ccc(S(=O)(=O)N2CCC(NC(=O)C(C)Oc3ccc(O)cc3)CC2)cc1. The van der Waals surface area contributed by atoms with Crippen LogP contribution in [0.2, 0.25) is 0 Å². The van der Waals surface area contributed by atoms with Gasteiger partial charge in [0.25, 0.3) is 5.91 Å². The zero-order chi connectivity index (χ0) is 21.7. The van der Waals surface area contributed by atoms with Crippen molar-refractivity contribution in [2.24, 2.45) is 0 Å². The van der Waals surface area contributed by atoms with Gasteiger partial charge in [0.1, 0.15) is 11.5 Å². The van der Waals surface area contributed by atoms with Crippen LogP contribution >= 0.6 is 0 Å². The van der Waals surface area contributed by atoms with Crippen molar-refractivity contribution in [2.75, 3.05) is 13.1 Å². The summed E-state index contributed by atoms with van der Waals surface area (Å²) in [6, 6.07) is 13.1. The van der Waals surface area contributed by atoms with E-state index in [-0.39, 0.29) is 17.7 Å². The van der Waals surface area contributed by atoms with Gasteiger partial charge in [-0.1, -0.05) is 19.1 Å². The largest absolute Gasteiger partial charge is 0.508 e. The molecule has 0 aromatic heterocycles. The average Bonchev–Trinajstić information content (AvgIpc) is 2.75. The Morgan fingerprint density at radius 1 is 1.13 bits per heavy atom. The highest BCUT2D eigenvalue weighted by atomic mass is 32.2. The molecule has 3 rings (SSSR count). The highest BCUT2D eigenvalue weighted by Crippen LogP contribution is 2.22. The number of ether oxygens (including phenoxy) is 1. The molecule has 2 aromatic carbocycles. The molecule has 1 aliphatic heterocycles. The predicted octanol–water partition coefficient (Wildman–Crippen LogP) is 2.69. The van der Waals surface area contributed by atoms with E-state index in [9.17, 15) is 18.3 Å². The molecule has 0 aliphatic carbocycles. The second-order valence-electron chi connectivity index (χ2n) is 7.44. The quantitative estimate of drug-likeness (QED) is 0.701. The highest BCUT2D eigenvalue weighted by molar-refractivity contribution is 7.89. The van der Waals surface area contributed by atoms with Crippen LogP contribution in [0.15, 0.2) is 53.4 Å². The first-order chi connectivity index (χ1) is 14.3. The molecule has 1 aliphatic rings. The van der Waals surface area contributed by atoms with Gasteiger partial charge < -0.3 is 15.2 Å². The predicted molar refractivity (Wildman–Crippen MR) is 114 cm³/mol. The molecule has 8 heteroatoms. The van der Waals surface area contributed by atoms with Gasteiger partial charge in [-0.2, -0.15) is 4.31 Å². The zero-order valence-electron chi connectivity index (χ0n) is 17.2. The molecule has 0 spiro atoms. The average molecular weight is 433 g/mol. The number of nitrogens with zero attached hydrogens (tertiary/aromatic N) is 1. The molecule has 0 radical (unpaired) electrons. The fourth-order valence-corrected chi connectivity index (χ4v) is 4.86. The Labute approximate surface area is 177 Å². The van der Waals surface area contributed by atoms with Gasteiger partial charge in [-0.25, -0.2) is 8.42 Å². The van der Waals surface area contributed by atoms with E-state index >= 15 is 0 Å². The summed E-state index contributed by atoms with van der Waals surface area (Å²) in [7, 11) is -3.52. The first-order valence-electron chi connectivity index (χ1n) is 10.1. The standard InChI is InChI=1S/C22H28N2O5S/c1-3-17-4-10-21(11-5-17)30(27,28)24-14-12-18(13-15-24)23-22(26)16(2)29-20-8-6-19(25)7-9-20/h4-11,16,18,25H,3,12-15H2,1-2H3,(H,23,26). The van der Waals surface area contributed by atoms with Gasteiger partial charge in [-0.05, 0) is 68.1 Å². The molecule has 7 nitrogen and oxygen atoms in total. The molecule has 1 heterocycles. The molecule has 1 unspecified atom stereocenters. The van der Waals surface area contributed by atoms with Gasteiger partial charge in [0.2, 0.25) is 10.0 Å². The summed E-state index contributed by atoms with van der Waals surface area (Å²) >= 11 is 0. The summed E-state index contributed by atoms with van der Waals surface area (Å²) in [6.07, 6.45) is 1.25. The van der Waals surface area contributed by atoms with Crippen LogP contribution in [0.4, 0.5) is 0 Å². The van der Waals surface area contributed by atoms with Crippen molar-refractivity contribution in [1.29, 1.82) is 0 Å². The molecule has 30 heavy (non-hydrogen) atoms. The number of carbonyl (C=O) groups excluding carboxylic acids is 1. The van der Waals surface area contributed by atoms with Crippen molar-refractivity contribution >= 4 is 15.9 Å². The minimum Gasteiger partial charge on any atom is -0.508 e. The molecule has 1 amide bonds. The number of piperidine rings is 1.